The van der Waals surface area contributed by atoms with E-state index in [4.69, 9.17) is 16.6 Å². The zero-order chi connectivity index (χ0) is 21.3. The molecule has 2 atom stereocenters. The molecule has 0 radical (unpaired) electrons. The molecular formula is C21H22ClN5O2S. The molecule has 0 saturated carbocycles. The first-order chi connectivity index (χ1) is 14.4. The van der Waals surface area contributed by atoms with Crippen molar-refractivity contribution in [1.29, 1.82) is 0 Å². The van der Waals surface area contributed by atoms with E-state index in [-0.39, 0.29) is 29.7 Å². The van der Waals surface area contributed by atoms with Crippen LogP contribution in [0.1, 0.15) is 11.1 Å². The average Bonchev–Trinajstić information content (AvgIpc) is 3.20. The van der Waals surface area contributed by atoms with E-state index in [9.17, 15) is 9.59 Å². The molecule has 3 N–H and O–H groups in total. The lowest BCUT2D eigenvalue weighted by atomic mass is 10.0. The summed E-state index contributed by atoms with van der Waals surface area (Å²) < 4.78 is 0. The summed E-state index contributed by atoms with van der Waals surface area (Å²) in [5.74, 6) is -0.391. The zero-order valence-corrected chi connectivity index (χ0v) is 18.2. The summed E-state index contributed by atoms with van der Waals surface area (Å²) in [4.78, 5) is 32.0. The molecule has 2 aliphatic rings. The van der Waals surface area contributed by atoms with Gasteiger partial charge in [0.05, 0.1) is 17.4 Å². The highest BCUT2D eigenvalue weighted by molar-refractivity contribution is 8.14. The quantitative estimate of drug-likeness (QED) is 0.676. The predicted molar refractivity (Wildman–Crippen MR) is 122 cm³/mol. The fourth-order valence-corrected chi connectivity index (χ4v) is 4.38. The summed E-state index contributed by atoms with van der Waals surface area (Å²) in [6.07, 6.45) is -0.333. The number of nitrogens with one attached hydrogen (secondary N) is 3. The second kappa shape index (κ2) is 8.77. The van der Waals surface area contributed by atoms with E-state index in [1.54, 1.807) is 17.0 Å². The standard InChI is InChI=1S/C21H22ClN5O2S/c1-12-6-8-14(9-7-12)27-20(29)15-10-23-26-19(15)25-21(27)30-11-18(28)24-17-5-3-4-16(22)13(17)2/h3-9,15,19,23,26H,10-11H2,1-2H3,(H,24,28). The number of halogens is 1. The summed E-state index contributed by atoms with van der Waals surface area (Å²) in [5, 5.41) is 3.98. The SMILES string of the molecule is Cc1ccc(N2C(=O)C3CNNC3N=C2SCC(=O)Nc2cccc(Cl)c2C)cc1. The maximum atomic E-state index is 13.2. The molecular weight excluding hydrogens is 422 g/mol. The number of aliphatic imine (C=N–C) groups is 1. The van der Waals surface area contributed by atoms with Crippen molar-refractivity contribution in [2.45, 2.75) is 20.0 Å². The van der Waals surface area contributed by atoms with E-state index in [0.717, 1.165) is 16.8 Å². The third-order valence-electron chi connectivity index (χ3n) is 5.10. The first-order valence-corrected chi connectivity index (χ1v) is 10.9. The molecule has 4 rings (SSSR count). The predicted octanol–water partition coefficient (Wildman–Crippen LogP) is 3.08. The molecule has 2 amide bonds. The fraction of sp³-hybridized carbons (Fsp3) is 0.286. The zero-order valence-electron chi connectivity index (χ0n) is 16.6. The Morgan fingerprint density at radius 2 is 2.03 bits per heavy atom. The van der Waals surface area contributed by atoms with Crippen molar-refractivity contribution in [2.24, 2.45) is 10.9 Å². The Morgan fingerprint density at radius 3 is 2.80 bits per heavy atom. The molecule has 7 nitrogen and oxygen atoms in total. The first kappa shape index (κ1) is 20.9. The largest absolute Gasteiger partial charge is 0.325 e. The van der Waals surface area contributed by atoms with Gasteiger partial charge < -0.3 is 5.32 Å². The number of anilines is 2. The summed E-state index contributed by atoms with van der Waals surface area (Å²) in [5.41, 5.74) is 9.36. The smallest absolute Gasteiger partial charge is 0.241 e. The van der Waals surface area contributed by atoms with Gasteiger partial charge in [0.25, 0.3) is 0 Å². The van der Waals surface area contributed by atoms with E-state index < -0.39 is 0 Å². The van der Waals surface area contributed by atoms with Gasteiger partial charge in [-0.1, -0.05) is 47.1 Å². The van der Waals surface area contributed by atoms with Crippen LogP contribution in [0.25, 0.3) is 0 Å². The third kappa shape index (κ3) is 4.22. The molecule has 1 fully saturated rings. The number of benzene rings is 2. The van der Waals surface area contributed by atoms with Crippen LogP contribution in [0.2, 0.25) is 5.02 Å². The van der Waals surface area contributed by atoms with Crippen molar-refractivity contribution in [1.82, 2.24) is 10.9 Å². The molecule has 0 aromatic heterocycles. The van der Waals surface area contributed by atoms with Gasteiger partial charge in [0.1, 0.15) is 6.17 Å². The molecule has 0 aliphatic carbocycles. The Kier molecular flexibility index (Phi) is 6.10. The number of aryl methyl sites for hydroxylation is 1. The van der Waals surface area contributed by atoms with Gasteiger partial charge in [0, 0.05) is 17.3 Å². The number of amidine groups is 1. The molecule has 1 saturated heterocycles. The van der Waals surface area contributed by atoms with Gasteiger partial charge in [-0.3, -0.25) is 19.9 Å². The van der Waals surface area contributed by atoms with Crippen molar-refractivity contribution in [2.75, 3.05) is 22.5 Å². The van der Waals surface area contributed by atoms with Gasteiger partial charge >= 0.3 is 0 Å². The van der Waals surface area contributed by atoms with Crippen molar-refractivity contribution < 1.29 is 9.59 Å². The minimum atomic E-state index is -0.333. The lowest BCUT2D eigenvalue weighted by Gasteiger charge is -2.32. The Bertz CT molecular complexity index is 1010. The number of hydrogen-bond donors (Lipinski definition) is 3. The number of thioether (sulfide) groups is 1. The Labute approximate surface area is 184 Å². The van der Waals surface area contributed by atoms with E-state index in [2.05, 4.69) is 16.2 Å². The highest BCUT2D eigenvalue weighted by Crippen LogP contribution is 2.30. The van der Waals surface area contributed by atoms with Gasteiger partial charge in [0.15, 0.2) is 5.17 Å². The normalized spacial score (nSPS) is 20.7. The Morgan fingerprint density at radius 1 is 1.27 bits per heavy atom. The molecule has 156 valence electrons. The number of carbonyl (C=O) groups is 2. The van der Waals surface area contributed by atoms with Gasteiger partial charge in [-0.25, -0.2) is 10.4 Å². The van der Waals surface area contributed by atoms with Crippen LogP contribution in [0.3, 0.4) is 0 Å². The van der Waals surface area contributed by atoms with Gasteiger partial charge in [-0.15, -0.1) is 0 Å². The second-order valence-corrected chi connectivity index (χ2v) is 8.60. The Hall–Kier alpha value is -2.39. The van der Waals surface area contributed by atoms with Gasteiger partial charge in [-0.05, 0) is 43.7 Å². The third-order valence-corrected chi connectivity index (χ3v) is 6.46. The molecule has 2 aliphatic heterocycles. The molecule has 30 heavy (non-hydrogen) atoms. The summed E-state index contributed by atoms with van der Waals surface area (Å²) in [6.45, 7) is 4.36. The van der Waals surface area contributed by atoms with Crippen LogP contribution in [0.15, 0.2) is 47.5 Å². The van der Waals surface area contributed by atoms with Crippen LogP contribution in [0.5, 0.6) is 0 Å². The second-order valence-electron chi connectivity index (χ2n) is 7.25. The van der Waals surface area contributed by atoms with Gasteiger partial charge in [0.2, 0.25) is 11.8 Å². The van der Waals surface area contributed by atoms with Crippen LogP contribution in [-0.2, 0) is 9.59 Å². The van der Waals surface area contributed by atoms with Crippen molar-refractivity contribution in [3.8, 4) is 0 Å². The summed E-state index contributed by atoms with van der Waals surface area (Å²) in [6, 6.07) is 13.1. The van der Waals surface area contributed by atoms with E-state index in [1.165, 1.54) is 11.8 Å². The minimum absolute atomic E-state index is 0.0371. The number of rotatable bonds is 4. The summed E-state index contributed by atoms with van der Waals surface area (Å²) >= 11 is 7.37. The number of hydrazine groups is 1. The average molecular weight is 444 g/mol. The highest BCUT2D eigenvalue weighted by Gasteiger charge is 2.42. The molecule has 2 aromatic rings. The van der Waals surface area contributed by atoms with E-state index >= 15 is 0 Å². The van der Waals surface area contributed by atoms with Gasteiger partial charge in [-0.2, -0.15) is 0 Å². The lowest BCUT2D eigenvalue weighted by molar-refractivity contribution is -0.121. The molecule has 9 heteroatoms. The topological polar surface area (TPSA) is 85.8 Å². The van der Waals surface area contributed by atoms with Crippen LogP contribution in [0, 0.1) is 19.8 Å². The molecule has 0 bridgehead atoms. The van der Waals surface area contributed by atoms with Crippen LogP contribution in [-0.4, -0.2) is 35.4 Å². The fourth-order valence-electron chi connectivity index (χ4n) is 3.36. The summed E-state index contributed by atoms with van der Waals surface area (Å²) in [7, 11) is 0. The maximum Gasteiger partial charge on any atom is 0.241 e. The lowest BCUT2D eigenvalue weighted by Crippen LogP contribution is -2.49. The Balaban J connectivity index is 1.52. The number of nitrogens with zero attached hydrogens (tertiary/aromatic N) is 2. The maximum absolute atomic E-state index is 13.2. The van der Waals surface area contributed by atoms with Crippen LogP contribution in [0.4, 0.5) is 11.4 Å². The number of hydrogen-bond acceptors (Lipinski definition) is 6. The molecule has 2 unspecified atom stereocenters. The van der Waals surface area contributed by atoms with Crippen molar-refractivity contribution >= 4 is 51.7 Å². The molecule has 2 heterocycles. The van der Waals surface area contributed by atoms with Crippen LogP contribution < -0.4 is 21.1 Å². The van der Waals surface area contributed by atoms with E-state index in [1.807, 2.05) is 44.2 Å². The molecule has 2 aromatic carbocycles. The number of fused-ring (bicyclic) bond motifs is 1. The van der Waals surface area contributed by atoms with Crippen molar-refractivity contribution in [3.05, 3.63) is 58.6 Å². The monoisotopic (exact) mass is 443 g/mol. The number of amides is 2. The number of carbonyl (C=O) groups excluding carboxylic acids is 2. The minimum Gasteiger partial charge on any atom is -0.325 e. The van der Waals surface area contributed by atoms with Crippen molar-refractivity contribution in [3.63, 3.8) is 0 Å². The van der Waals surface area contributed by atoms with E-state index in [0.29, 0.717) is 22.4 Å². The molecule has 0 spiro atoms. The highest BCUT2D eigenvalue weighted by atomic mass is 35.5. The van der Waals surface area contributed by atoms with Crippen LogP contribution >= 0.6 is 23.4 Å². The first-order valence-electron chi connectivity index (χ1n) is 9.58.